The molecule has 0 amide bonds. The van der Waals surface area contributed by atoms with Crippen LogP contribution in [0.25, 0.3) is 0 Å². The van der Waals surface area contributed by atoms with E-state index in [-0.39, 0.29) is 6.08 Å². The van der Waals surface area contributed by atoms with Gasteiger partial charge in [-0.3, -0.25) is 0 Å². The van der Waals surface area contributed by atoms with E-state index in [4.69, 9.17) is 5.11 Å². The van der Waals surface area contributed by atoms with Gasteiger partial charge >= 0.3 is 41.7 Å². The van der Waals surface area contributed by atoms with Gasteiger partial charge in [0, 0.05) is 0 Å². The van der Waals surface area contributed by atoms with Crippen molar-refractivity contribution in [3.63, 3.8) is 0 Å². The summed E-state index contributed by atoms with van der Waals surface area (Å²) in [4.78, 5) is 0. The minimum absolute atomic E-state index is 0.350. The molecule has 1 nitrogen and oxygen atoms in total. The molecule has 0 bridgehead atoms. The minimum atomic E-state index is -8.50. The van der Waals surface area contributed by atoms with Gasteiger partial charge in [-0.15, -0.1) is 6.58 Å². The standard InChI is InChI=1S/C11H6F16O/c1-2-3(28)4(12)5(13,14)6(15,16)7(17,18)8(19,20)9(21,22)10(23,24)11(25,26)27/h2-4,28H,1H2. The summed E-state index contributed by atoms with van der Waals surface area (Å²) in [7, 11) is 0. The maximum Gasteiger partial charge on any atom is 0.460 e. The average Bonchev–Trinajstić information content (AvgIpc) is 2.50. The predicted octanol–water partition coefficient (Wildman–Crippen LogP) is 5.25. The zero-order valence-electron chi connectivity index (χ0n) is 12.4. The van der Waals surface area contributed by atoms with Crippen LogP contribution in [0.15, 0.2) is 12.7 Å². The molecule has 0 saturated heterocycles. The van der Waals surface area contributed by atoms with E-state index < -0.39 is 54.0 Å². The zero-order chi connectivity index (χ0) is 23.4. The van der Waals surface area contributed by atoms with Crippen molar-refractivity contribution in [3.05, 3.63) is 12.7 Å². The van der Waals surface area contributed by atoms with Gasteiger partial charge in [-0.1, -0.05) is 6.08 Å². The lowest BCUT2D eigenvalue weighted by Gasteiger charge is -2.42. The van der Waals surface area contributed by atoms with Crippen LogP contribution in [0.4, 0.5) is 70.2 Å². The molecule has 2 atom stereocenters. The molecule has 0 aromatic heterocycles. The Balaban J connectivity index is 6.59. The Bertz CT molecular complexity index is 576. The average molecular weight is 458 g/mol. The number of aliphatic hydroxyl groups is 1. The van der Waals surface area contributed by atoms with Gasteiger partial charge < -0.3 is 5.11 Å². The van der Waals surface area contributed by atoms with E-state index in [9.17, 15) is 70.2 Å². The third-order valence-electron chi connectivity index (χ3n) is 3.24. The highest BCUT2D eigenvalue weighted by Gasteiger charge is 2.93. The molecule has 0 aliphatic heterocycles. The summed E-state index contributed by atoms with van der Waals surface area (Å²) < 4.78 is 205. The molecule has 0 radical (unpaired) electrons. The summed E-state index contributed by atoms with van der Waals surface area (Å²) in [6.45, 7) is 2.34. The summed E-state index contributed by atoms with van der Waals surface area (Å²) in [5, 5.41) is 8.53. The van der Waals surface area contributed by atoms with Crippen LogP contribution in [0.1, 0.15) is 0 Å². The van der Waals surface area contributed by atoms with Crippen LogP contribution in [0, 0.1) is 0 Å². The monoisotopic (exact) mass is 458 g/mol. The first-order chi connectivity index (χ1) is 11.9. The molecule has 1 N–H and O–H groups in total. The SMILES string of the molecule is C=CC(O)C(F)C(F)(F)C(F)(F)C(F)(F)C(F)(F)C(F)(F)C(F)(F)C(F)(F)F. The van der Waals surface area contributed by atoms with Gasteiger partial charge in [-0.2, -0.15) is 65.9 Å². The maximum absolute atomic E-state index is 13.2. The molecule has 0 aromatic carbocycles. The summed E-state index contributed by atoms with van der Waals surface area (Å²) in [6, 6.07) is 0. The molecule has 2 unspecified atom stereocenters. The molecule has 0 rings (SSSR count). The minimum Gasteiger partial charge on any atom is -0.386 e. The largest absolute Gasteiger partial charge is 0.460 e. The Labute approximate surface area is 143 Å². The van der Waals surface area contributed by atoms with Gasteiger partial charge in [0.15, 0.2) is 6.17 Å². The number of aliphatic hydroxyl groups excluding tert-OH is 1. The molecule has 0 aliphatic rings. The number of hydrogen-bond donors (Lipinski definition) is 1. The van der Waals surface area contributed by atoms with Crippen LogP contribution in [0.5, 0.6) is 0 Å². The Morgan fingerprint density at radius 1 is 0.571 bits per heavy atom. The summed E-state index contributed by atoms with van der Waals surface area (Å²) in [5.74, 6) is -48.6. The first kappa shape index (κ1) is 26.6. The van der Waals surface area contributed by atoms with Crippen molar-refractivity contribution in [2.75, 3.05) is 0 Å². The quantitative estimate of drug-likeness (QED) is 0.390. The van der Waals surface area contributed by atoms with Crippen LogP contribution in [0.3, 0.4) is 0 Å². The lowest BCUT2D eigenvalue weighted by molar-refractivity contribution is -0.455. The topological polar surface area (TPSA) is 20.2 Å². The predicted molar refractivity (Wildman–Crippen MR) is 56.8 cm³/mol. The fourth-order valence-electron chi connectivity index (χ4n) is 1.49. The van der Waals surface area contributed by atoms with Gasteiger partial charge in [-0.25, -0.2) is 4.39 Å². The highest BCUT2D eigenvalue weighted by molar-refractivity contribution is 5.15. The van der Waals surface area contributed by atoms with Gasteiger partial charge in [0.05, 0.1) is 0 Å². The highest BCUT2D eigenvalue weighted by Crippen LogP contribution is 2.62. The molecule has 0 aliphatic carbocycles. The fourth-order valence-corrected chi connectivity index (χ4v) is 1.49. The van der Waals surface area contributed by atoms with Crippen molar-refractivity contribution in [2.24, 2.45) is 0 Å². The number of rotatable bonds is 8. The van der Waals surface area contributed by atoms with E-state index in [1.54, 1.807) is 0 Å². The van der Waals surface area contributed by atoms with Crippen LogP contribution in [0.2, 0.25) is 0 Å². The van der Waals surface area contributed by atoms with E-state index in [1.165, 1.54) is 0 Å². The van der Waals surface area contributed by atoms with Gasteiger partial charge in [0.25, 0.3) is 0 Å². The van der Waals surface area contributed by atoms with Gasteiger partial charge in [0.1, 0.15) is 6.10 Å². The molecule has 0 saturated carbocycles. The van der Waals surface area contributed by atoms with E-state index >= 15 is 0 Å². The Kier molecular flexibility index (Phi) is 6.48. The highest BCUT2D eigenvalue weighted by atomic mass is 19.4. The Hall–Kier alpha value is -1.42. The molecule has 0 fully saturated rings. The normalized spacial score (nSPS) is 18.0. The van der Waals surface area contributed by atoms with Gasteiger partial charge in [0.2, 0.25) is 0 Å². The van der Waals surface area contributed by atoms with Crippen molar-refractivity contribution < 1.29 is 75.4 Å². The van der Waals surface area contributed by atoms with Crippen LogP contribution >= 0.6 is 0 Å². The van der Waals surface area contributed by atoms with Crippen molar-refractivity contribution in [1.29, 1.82) is 0 Å². The van der Waals surface area contributed by atoms with Crippen LogP contribution in [-0.4, -0.2) is 59.1 Å². The smallest absolute Gasteiger partial charge is 0.386 e. The molecule has 0 spiro atoms. The van der Waals surface area contributed by atoms with Crippen LogP contribution < -0.4 is 0 Å². The maximum atomic E-state index is 13.2. The second-order valence-electron chi connectivity index (χ2n) is 5.12. The third kappa shape index (κ3) is 3.28. The Morgan fingerprint density at radius 3 is 1.14 bits per heavy atom. The Morgan fingerprint density at radius 2 is 0.857 bits per heavy atom. The van der Waals surface area contributed by atoms with Crippen LogP contribution in [-0.2, 0) is 0 Å². The lowest BCUT2D eigenvalue weighted by Crippen LogP contribution is -2.73. The summed E-state index contributed by atoms with van der Waals surface area (Å²) in [5.41, 5.74) is 0. The molecule has 17 heteroatoms. The molecule has 0 heterocycles. The first-order valence-electron chi connectivity index (χ1n) is 6.17. The second-order valence-corrected chi connectivity index (χ2v) is 5.12. The van der Waals surface area contributed by atoms with E-state index in [0.29, 0.717) is 0 Å². The summed E-state index contributed by atoms with van der Waals surface area (Å²) >= 11 is 0. The lowest BCUT2D eigenvalue weighted by atomic mass is 9.88. The third-order valence-corrected chi connectivity index (χ3v) is 3.24. The molecule has 168 valence electrons. The number of alkyl halides is 16. The van der Waals surface area contributed by atoms with E-state index in [2.05, 4.69) is 6.58 Å². The second kappa shape index (κ2) is 6.83. The summed E-state index contributed by atoms with van der Waals surface area (Å²) in [6.07, 6.45) is -16.5. The van der Waals surface area contributed by atoms with Crippen molar-refractivity contribution in [2.45, 2.75) is 54.0 Å². The van der Waals surface area contributed by atoms with E-state index in [0.717, 1.165) is 0 Å². The molecule has 28 heavy (non-hydrogen) atoms. The van der Waals surface area contributed by atoms with Crippen molar-refractivity contribution in [1.82, 2.24) is 0 Å². The van der Waals surface area contributed by atoms with Gasteiger partial charge in [-0.05, 0) is 0 Å². The van der Waals surface area contributed by atoms with Crippen molar-refractivity contribution in [3.8, 4) is 0 Å². The number of halogens is 16. The van der Waals surface area contributed by atoms with E-state index in [1.807, 2.05) is 0 Å². The zero-order valence-corrected chi connectivity index (χ0v) is 12.4. The number of hydrogen-bond acceptors (Lipinski definition) is 1. The first-order valence-corrected chi connectivity index (χ1v) is 6.17. The molecular formula is C11H6F16O. The van der Waals surface area contributed by atoms with Crippen molar-refractivity contribution >= 4 is 0 Å². The molecular weight excluding hydrogens is 452 g/mol. The fraction of sp³-hybridized carbons (Fsp3) is 0.818. The molecule has 0 aromatic rings.